The minimum absolute atomic E-state index is 0.00845. The summed E-state index contributed by atoms with van der Waals surface area (Å²) in [6.45, 7) is 8.27. The fraction of sp³-hybridized carbons (Fsp3) is 0.257. The highest BCUT2D eigenvalue weighted by Gasteiger charge is 2.33. The maximum Gasteiger partial charge on any atom is 0.264 e. The molecule has 0 aliphatic carbocycles. The van der Waals surface area contributed by atoms with Gasteiger partial charge in [-0.2, -0.15) is 0 Å². The maximum absolute atomic E-state index is 14.1. The molecule has 0 spiro atoms. The van der Waals surface area contributed by atoms with Gasteiger partial charge in [0, 0.05) is 12.1 Å². The lowest BCUT2D eigenvalue weighted by molar-refractivity contribution is -0.140. The van der Waals surface area contributed by atoms with Gasteiger partial charge in [0.25, 0.3) is 10.0 Å². The topological polar surface area (TPSA) is 96.0 Å². The van der Waals surface area contributed by atoms with Gasteiger partial charge in [0.1, 0.15) is 29.9 Å². The van der Waals surface area contributed by atoms with Crippen LogP contribution >= 0.6 is 0 Å². The molecule has 0 aliphatic heterocycles. The summed E-state index contributed by atoms with van der Waals surface area (Å²) in [5.74, 6) is -0.368. The molecule has 0 saturated heterocycles. The van der Waals surface area contributed by atoms with Crippen LogP contribution in [0.15, 0.2) is 108 Å². The van der Waals surface area contributed by atoms with Gasteiger partial charge in [0.05, 0.1) is 10.6 Å². The van der Waals surface area contributed by atoms with Crippen LogP contribution in [0.5, 0.6) is 11.5 Å². The lowest BCUT2D eigenvalue weighted by Crippen LogP contribution is -2.54. The van der Waals surface area contributed by atoms with Crippen molar-refractivity contribution in [1.29, 1.82) is 0 Å². The van der Waals surface area contributed by atoms with E-state index in [1.165, 1.54) is 41.3 Å². The highest BCUT2D eigenvalue weighted by Crippen LogP contribution is 2.29. The van der Waals surface area contributed by atoms with Crippen molar-refractivity contribution in [3.63, 3.8) is 0 Å². The SMILES string of the molecule is Cc1ccc(S(=O)(=O)N(CC(=O)N(Cc2ccc(F)cc2)C(C)C(=O)NC(C)(C)C)c2ccc(Oc3ccccc3)cc2)cc1. The number of aryl methyl sites for hydroxylation is 1. The highest BCUT2D eigenvalue weighted by molar-refractivity contribution is 7.92. The van der Waals surface area contributed by atoms with Gasteiger partial charge in [-0.3, -0.25) is 13.9 Å². The monoisotopic (exact) mass is 631 g/mol. The zero-order chi connectivity index (χ0) is 32.8. The molecular formula is C35H38FN3O5S. The van der Waals surface area contributed by atoms with Gasteiger partial charge in [-0.1, -0.05) is 48.0 Å². The smallest absolute Gasteiger partial charge is 0.264 e. The second kappa shape index (κ2) is 13.9. The molecule has 1 atom stereocenters. The maximum atomic E-state index is 14.1. The number of carbonyl (C=O) groups is 2. The highest BCUT2D eigenvalue weighted by atomic mass is 32.2. The normalized spacial score (nSPS) is 12.2. The first-order valence-electron chi connectivity index (χ1n) is 14.5. The van der Waals surface area contributed by atoms with Crippen molar-refractivity contribution < 1.29 is 27.1 Å². The molecule has 4 rings (SSSR count). The number of benzene rings is 4. The third-order valence-electron chi connectivity index (χ3n) is 6.92. The van der Waals surface area contributed by atoms with E-state index in [0.717, 1.165) is 9.87 Å². The van der Waals surface area contributed by atoms with Gasteiger partial charge in [-0.15, -0.1) is 0 Å². The quantitative estimate of drug-likeness (QED) is 0.205. The summed E-state index contributed by atoms with van der Waals surface area (Å²) in [6.07, 6.45) is 0. The number of carbonyl (C=O) groups excluding carboxylic acids is 2. The van der Waals surface area contributed by atoms with Crippen LogP contribution in [-0.2, 0) is 26.2 Å². The van der Waals surface area contributed by atoms with Crippen LogP contribution in [0.4, 0.5) is 10.1 Å². The Morgan fingerprint density at radius 3 is 2.00 bits per heavy atom. The van der Waals surface area contributed by atoms with Gasteiger partial charge >= 0.3 is 0 Å². The van der Waals surface area contributed by atoms with Crippen molar-refractivity contribution in [2.24, 2.45) is 0 Å². The number of halogens is 1. The van der Waals surface area contributed by atoms with Crippen molar-refractivity contribution in [3.05, 3.63) is 120 Å². The summed E-state index contributed by atoms with van der Waals surface area (Å²) in [5, 5.41) is 2.88. The summed E-state index contributed by atoms with van der Waals surface area (Å²) < 4.78 is 48.7. The van der Waals surface area contributed by atoms with E-state index in [4.69, 9.17) is 4.74 Å². The van der Waals surface area contributed by atoms with Gasteiger partial charge in [-0.25, -0.2) is 12.8 Å². The molecule has 0 radical (unpaired) electrons. The van der Waals surface area contributed by atoms with Gasteiger partial charge in [0.15, 0.2) is 0 Å². The summed E-state index contributed by atoms with van der Waals surface area (Å²) in [7, 11) is -4.23. The molecule has 0 aromatic heterocycles. The predicted octanol–water partition coefficient (Wildman–Crippen LogP) is 6.45. The summed E-state index contributed by atoms with van der Waals surface area (Å²) in [5.41, 5.74) is 1.12. The molecule has 4 aromatic rings. The molecule has 1 unspecified atom stereocenters. The Morgan fingerprint density at radius 1 is 0.844 bits per heavy atom. The molecule has 0 bridgehead atoms. The Balaban J connectivity index is 1.71. The fourth-order valence-corrected chi connectivity index (χ4v) is 5.93. The number of hydrogen-bond donors (Lipinski definition) is 1. The van der Waals surface area contributed by atoms with Crippen molar-refractivity contribution in [1.82, 2.24) is 10.2 Å². The van der Waals surface area contributed by atoms with E-state index >= 15 is 0 Å². The van der Waals surface area contributed by atoms with E-state index in [1.807, 2.05) is 45.9 Å². The molecule has 0 aliphatic rings. The molecule has 0 fully saturated rings. The average molecular weight is 632 g/mol. The Kier molecular flexibility index (Phi) is 10.3. The third kappa shape index (κ3) is 8.92. The van der Waals surface area contributed by atoms with Crippen LogP contribution in [0.2, 0.25) is 0 Å². The van der Waals surface area contributed by atoms with Crippen molar-refractivity contribution >= 4 is 27.5 Å². The number of rotatable bonds is 11. The first kappa shape index (κ1) is 33.2. The van der Waals surface area contributed by atoms with Crippen LogP contribution in [-0.4, -0.2) is 43.3 Å². The molecule has 0 heterocycles. The number of hydrogen-bond acceptors (Lipinski definition) is 5. The van der Waals surface area contributed by atoms with Crippen LogP contribution in [0.1, 0.15) is 38.8 Å². The second-order valence-corrected chi connectivity index (χ2v) is 13.7. The molecule has 10 heteroatoms. The number of nitrogens with one attached hydrogen (secondary N) is 1. The molecule has 4 aromatic carbocycles. The van der Waals surface area contributed by atoms with Crippen LogP contribution in [0, 0.1) is 12.7 Å². The van der Waals surface area contributed by atoms with E-state index < -0.39 is 45.8 Å². The Hall–Kier alpha value is -4.70. The molecule has 8 nitrogen and oxygen atoms in total. The number of sulfonamides is 1. The standard InChI is InChI=1S/C35H38FN3O5S/c1-25-11-21-32(22-12-25)45(42,43)39(29-17-19-31(20-18-29)44-30-9-7-6-8-10-30)24-33(40)38(23-27-13-15-28(36)16-14-27)26(2)34(41)37-35(3,4)5/h6-22,26H,23-24H2,1-5H3,(H,37,41). The summed E-state index contributed by atoms with van der Waals surface area (Å²) >= 11 is 0. The van der Waals surface area contributed by atoms with E-state index in [1.54, 1.807) is 55.5 Å². The van der Waals surface area contributed by atoms with E-state index in [9.17, 15) is 22.4 Å². The average Bonchev–Trinajstić information content (AvgIpc) is 2.99. The number of para-hydroxylation sites is 1. The molecule has 0 saturated carbocycles. The Bertz CT molecular complexity index is 1700. The van der Waals surface area contributed by atoms with E-state index in [2.05, 4.69) is 5.32 Å². The largest absolute Gasteiger partial charge is 0.457 e. The van der Waals surface area contributed by atoms with E-state index in [0.29, 0.717) is 17.1 Å². The van der Waals surface area contributed by atoms with Gasteiger partial charge in [-0.05, 0) is 101 Å². The van der Waals surface area contributed by atoms with Gasteiger partial charge < -0.3 is 15.0 Å². The summed E-state index contributed by atoms with van der Waals surface area (Å²) in [4.78, 5) is 28.6. The molecule has 2 amide bonds. The fourth-order valence-electron chi connectivity index (χ4n) is 4.51. The Morgan fingerprint density at radius 2 is 1.42 bits per heavy atom. The number of nitrogens with zero attached hydrogens (tertiary/aromatic N) is 2. The minimum Gasteiger partial charge on any atom is -0.457 e. The zero-order valence-corrected chi connectivity index (χ0v) is 26.8. The third-order valence-corrected chi connectivity index (χ3v) is 8.71. The summed E-state index contributed by atoms with van der Waals surface area (Å²) in [6, 6.07) is 26.5. The van der Waals surface area contributed by atoms with Crippen molar-refractivity contribution in [2.75, 3.05) is 10.8 Å². The lowest BCUT2D eigenvalue weighted by Gasteiger charge is -2.33. The Labute approximate surface area is 264 Å². The van der Waals surface area contributed by atoms with Crippen LogP contribution in [0.3, 0.4) is 0 Å². The minimum atomic E-state index is -4.23. The predicted molar refractivity (Wildman–Crippen MR) is 173 cm³/mol. The number of amides is 2. The number of ether oxygens (including phenoxy) is 1. The van der Waals surface area contributed by atoms with Crippen molar-refractivity contribution in [3.8, 4) is 11.5 Å². The van der Waals surface area contributed by atoms with Gasteiger partial charge in [0.2, 0.25) is 11.8 Å². The zero-order valence-electron chi connectivity index (χ0n) is 26.0. The van der Waals surface area contributed by atoms with E-state index in [-0.39, 0.29) is 17.1 Å². The van der Waals surface area contributed by atoms with Crippen LogP contribution in [0.25, 0.3) is 0 Å². The van der Waals surface area contributed by atoms with Crippen LogP contribution < -0.4 is 14.4 Å². The van der Waals surface area contributed by atoms with Crippen molar-refractivity contribution in [2.45, 2.75) is 57.6 Å². The lowest BCUT2D eigenvalue weighted by atomic mass is 10.1. The molecular weight excluding hydrogens is 593 g/mol. The molecule has 1 N–H and O–H groups in total. The first-order valence-corrected chi connectivity index (χ1v) is 16.0. The second-order valence-electron chi connectivity index (χ2n) is 11.8. The molecule has 236 valence electrons. The number of anilines is 1. The first-order chi connectivity index (χ1) is 21.2. The molecule has 45 heavy (non-hydrogen) atoms.